The number of hydrogen-bond donors (Lipinski definition) is 0. The Morgan fingerprint density at radius 3 is 2.57 bits per heavy atom. The van der Waals surface area contributed by atoms with Gasteiger partial charge in [0.05, 0.1) is 18.9 Å². The molecule has 1 aliphatic rings. The Balaban J connectivity index is 2.36. The van der Waals surface area contributed by atoms with Gasteiger partial charge in [0.1, 0.15) is 11.1 Å². The minimum absolute atomic E-state index is 0.0920. The largest absolute Gasteiger partial charge is 0.422 e. The molecule has 0 aliphatic carbocycles. The number of nitrogens with zero attached hydrogens (tertiary/aromatic N) is 1. The van der Waals surface area contributed by atoms with Gasteiger partial charge in [0.25, 0.3) is 0 Å². The van der Waals surface area contributed by atoms with E-state index in [-0.39, 0.29) is 5.56 Å². The lowest BCUT2D eigenvalue weighted by Gasteiger charge is -2.30. The number of hydrogen-bond acceptors (Lipinski definition) is 5. The van der Waals surface area contributed by atoms with Gasteiger partial charge in [-0.3, -0.25) is 4.79 Å². The van der Waals surface area contributed by atoms with Gasteiger partial charge in [-0.2, -0.15) is 0 Å². The van der Waals surface area contributed by atoms with Crippen molar-refractivity contribution in [1.82, 2.24) is 0 Å². The maximum absolute atomic E-state index is 12.1. The van der Waals surface area contributed by atoms with E-state index in [9.17, 15) is 9.59 Å². The van der Waals surface area contributed by atoms with Crippen LogP contribution < -0.4 is 10.5 Å². The monoisotopic (exact) mass is 287 g/mol. The van der Waals surface area contributed by atoms with E-state index in [1.807, 2.05) is 30.9 Å². The predicted octanol–water partition coefficient (Wildman–Crippen LogP) is 2.06. The molecule has 5 nitrogen and oxygen atoms in total. The van der Waals surface area contributed by atoms with E-state index in [0.29, 0.717) is 43.9 Å². The van der Waals surface area contributed by atoms with Gasteiger partial charge in [-0.25, -0.2) is 4.79 Å². The minimum Gasteiger partial charge on any atom is -0.422 e. The average Bonchev–Trinajstić information content (AvgIpc) is 2.48. The Hall–Kier alpha value is -2.14. The second kappa shape index (κ2) is 5.33. The molecule has 0 bridgehead atoms. The van der Waals surface area contributed by atoms with E-state index in [1.165, 1.54) is 0 Å². The molecule has 0 atom stereocenters. The molecule has 0 saturated carbocycles. The van der Waals surface area contributed by atoms with Crippen LogP contribution in [0.3, 0.4) is 0 Å². The van der Waals surface area contributed by atoms with Crippen molar-refractivity contribution in [3.8, 4) is 0 Å². The van der Waals surface area contributed by atoms with Crippen LogP contribution in [0.4, 0.5) is 5.69 Å². The summed E-state index contributed by atoms with van der Waals surface area (Å²) >= 11 is 0. The molecule has 0 spiro atoms. The van der Waals surface area contributed by atoms with Crippen LogP contribution in [0.25, 0.3) is 11.0 Å². The lowest BCUT2D eigenvalue weighted by molar-refractivity contribution is 0.111. The fraction of sp³-hybridized carbons (Fsp3) is 0.375. The fourth-order valence-electron chi connectivity index (χ4n) is 2.89. The zero-order valence-corrected chi connectivity index (χ0v) is 12.1. The summed E-state index contributed by atoms with van der Waals surface area (Å²) in [6.07, 6.45) is 0.591. The molecule has 1 saturated heterocycles. The first kappa shape index (κ1) is 13.8. The third-order valence-corrected chi connectivity index (χ3v) is 3.79. The number of fused-ring (bicyclic) bond motifs is 1. The molecule has 5 heteroatoms. The van der Waals surface area contributed by atoms with Crippen LogP contribution in [0.5, 0.6) is 0 Å². The summed E-state index contributed by atoms with van der Waals surface area (Å²) in [7, 11) is 0. The van der Waals surface area contributed by atoms with E-state index < -0.39 is 5.63 Å². The van der Waals surface area contributed by atoms with Crippen LogP contribution in [0.15, 0.2) is 21.3 Å². The van der Waals surface area contributed by atoms with E-state index in [2.05, 4.69) is 0 Å². The van der Waals surface area contributed by atoms with Gasteiger partial charge in [-0.1, -0.05) is 6.07 Å². The highest BCUT2D eigenvalue weighted by Crippen LogP contribution is 2.31. The van der Waals surface area contributed by atoms with Gasteiger partial charge in [0, 0.05) is 18.5 Å². The number of ether oxygens (including phenoxy) is 1. The molecule has 0 unspecified atom stereocenters. The minimum atomic E-state index is -0.578. The number of aryl methyl sites for hydroxylation is 2. The van der Waals surface area contributed by atoms with Gasteiger partial charge in [-0.05, 0) is 31.0 Å². The number of rotatable bonds is 2. The van der Waals surface area contributed by atoms with Crippen LogP contribution in [0, 0.1) is 13.8 Å². The average molecular weight is 287 g/mol. The van der Waals surface area contributed by atoms with Gasteiger partial charge in [0.15, 0.2) is 6.29 Å². The highest BCUT2D eigenvalue weighted by molar-refractivity contribution is 6.00. The number of carbonyl (C=O) groups is 1. The van der Waals surface area contributed by atoms with Crippen molar-refractivity contribution in [2.75, 3.05) is 31.2 Å². The Kier molecular flexibility index (Phi) is 3.51. The molecule has 1 aromatic heterocycles. The quantitative estimate of drug-likeness (QED) is 0.625. The van der Waals surface area contributed by atoms with Crippen molar-refractivity contribution in [2.45, 2.75) is 13.8 Å². The fourth-order valence-corrected chi connectivity index (χ4v) is 2.89. The van der Waals surface area contributed by atoms with Crippen molar-refractivity contribution in [2.24, 2.45) is 0 Å². The van der Waals surface area contributed by atoms with Crippen molar-refractivity contribution < 1.29 is 13.9 Å². The number of carbonyl (C=O) groups excluding carboxylic acids is 1. The molecular weight excluding hydrogens is 270 g/mol. The topological polar surface area (TPSA) is 59.8 Å². The third kappa shape index (κ3) is 2.34. The maximum Gasteiger partial charge on any atom is 0.349 e. The standard InChI is InChI=1S/C16H17NO4/c1-10-7-11(2)15-12(8-10)14(13(9-18)16(19)21-15)17-3-5-20-6-4-17/h7-9H,3-6H2,1-2H3. The molecule has 21 heavy (non-hydrogen) atoms. The number of morpholine rings is 1. The second-order valence-electron chi connectivity index (χ2n) is 5.33. The Bertz CT molecular complexity index is 757. The van der Waals surface area contributed by atoms with Crippen molar-refractivity contribution in [1.29, 1.82) is 0 Å². The molecule has 0 amide bonds. The van der Waals surface area contributed by atoms with Crippen LogP contribution in [-0.2, 0) is 4.74 Å². The Morgan fingerprint density at radius 2 is 1.90 bits per heavy atom. The highest BCUT2D eigenvalue weighted by Gasteiger charge is 2.22. The smallest absolute Gasteiger partial charge is 0.349 e. The zero-order chi connectivity index (χ0) is 15.0. The Morgan fingerprint density at radius 1 is 1.19 bits per heavy atom. The molecule has 1 aliphatic heterocycles. The highest BCUT2D eigenvalue weighted by atomic mass is 16.5. The number of aldehydes is 1. The maximum atomic E-state index is 12.1. The summed E-state index contributed by atoms with van der Waals surface area (Å²) in [6.45, 7) is 6.39. The molecule has 1 fully saturated rings. The molecular formula is C16H17NO4. The number of anilines is 1. The van der Waals surface area contributed by atoms with Crippen LogP contribution in [-0.4, -0.2) is 32.6 Å². The van der Waals surface area contributed by atoms with E-state index in [0.717, 1.165) is 16.5 Å². The first-order valence-corrected chi connectivity index (χ1v) is 6.97. The number of benzene rings is 1. The van der Waals surface area contributed by atoms with Crippen LogP contribution >= 0.6 is 0 Å². The molecule has 2 heterocycles. The van der Waals surface area contributed by atoms with Crippen LogP contribution in [0.2, 0.25) is 0 Å². The molecule has 0 N–H and O–H groups in total. The van der Waals surface area contributed by atoms with E-state index >= 15 is 0 Å². The van der Waals surface area contributed by atoms with Gasteiger partial charge in [0.2, 0.25) is 0 Å². The normalized spacial score (nSPS) is 15.4. The first-order chi connectivity index (χ1) is 10.1. The second-order valence-corrected chi connectivity index (χ2v) is 5.33. The first-order valence-electron chi connectivity index (χ1n) is 6.97. The molecule has 1 aromatic carbocycles. The van der Waals surface area contributed by atoms with Crippen LogP contribution in [0.1, 0.15) is 21.5 Å². The van der Waals surface area contributed by atoms with Crippen molar-refractivity contribution in [3.05, 3.63) is 39.2 Å². The summed E-state index contributed by atoms with van der Waals surface area (Å²) in [6, 6.07) is 3.93. The summed E-state index contributed by atoms with van der Waals surface area (Å²) in [5, 5.41) is 0.816. The lowest BCUT2D eigenvalue weighted by atomic mass is 10.0. The molecule has 110 valence electrons. The SMILES string of the molecule is Cc1cc(C)c2oc(=O)c(C=O)c(N3CCOCC3)c2c1. The summed E-state index contributed by atoms with van der Waals surface area (Å²) < 4.78 is 10.7. The predicted molar refractivity (Wildman–Crippen MR) is 80.4 cm³/mol. The third-order valence-electron chi connectivity index (χ3n) is 3.79. The van der Waals surface area contributed by atoms with Gasteiger partial charge >= 0.3 is 5.63 Å². The summed E-state index contributed by atoms with van der Waals surface area (Å²) in [5.41, 5.74) is 2.71. The lowest BCUT2D eigenvalue weighted by Crippen LogP contribution is -2.37. The van der Waals surface area contributed by atoms with Crippen molar-refractivity contribution in [3.63, 3.8) is 0 Å². The summed E-state index contributed by atoms with van der Waals surface area (Å²) in [4.78, 5) is 25.5. The van der Waals surface area contributed by atoms with Gasteiger partial charge in [-0.15, -0.1) is 0 Å². The van der Waals surface area contributed by atoms with E-state index in [1.54, 1.807) is 0 Å². The van der Waals surface area contributed by atoms with Gasteiger partial charge < -0.3 is 14.1 Å². The van der Waals surface area contributed by atoms with Crippen molar-refractivity contribution >= 4 is 22.9 Å². The molecule has 3 rings (SSSR count). The van der Waals surface area contributed by atoms with E-state index in [4.69, 9.17) is 9.15 Å². The zero-order valence-electron chi connectivity index (χ0n) is 12.1. The molecule has 2 aromatic rings. The molecule has 0 radical (unpaired) electrons. The summed E-state index contributed by atoms with van der Waals surface area (Å²) in [5.74, 6) is 0. The Labute approximate surface area is 122 Å².